The molecule has 0 aromatic heterocycles. The van der Waals surface area contributed by atoms with Crippen molar-refractivity contribution in [1.82, 2.24) is 10.6 Å². The molecule has 12 nitrogen and oxygen atoms in total. The van der Waals surface area contributed by atoms with Crippen molar-refractivity contribution < 1.29 is 19.1 Å². The van der Waals surface area contributed by atoms with E-state index in [2.05, 4.69) is 30.7 Å². The van der Waals surface area contributed by atoms with Gasteiger partial charge in [0.05, 0.1) is 38.9 Å². The van der Waals surface area contributed by atoms with Gasteiger partial charge in [-0.3, -0.25) is 4.79 Å². The Kier molecular flexibility index (Phi) is 14.8. The first-order valence-corrected chi connectivity index (χ1v) is 13.0. The molecule has 0 aliphatic heterocycles. The first-order chi connectivity index (χ1) is 20.0. The van der Waals surface area contributed by atoms with E-state index in [1.807, 2.05) is 67.6 Å². The van der Waals surface area contributed by atoms with Gasteiger partial charge in [-0.2, -0.15) is 0 Å². The number of unbranched alkanes of at least 4 members (excludes halogenated alkanes) is 1. The fourth-order valence-corrected chi connectivity index (χ4v) is 3.55. The lowest BCUT2D eigenvalue weighted by Gasteiger charge is -2.17. The van der Waals surface area contributed by atoms with Gasteiger partial charge in [0, 0.05) is 15.4 Å². The number of nitrogens with one attached hydrogen (secondary N) is 2. The van der Waals surface area contributed by atoms with Gasteiger partial charge in [-0.15, -0.1) is 0 Å². The van der Waals surface area contributed by atoms with Gasteiger partial charge in [-0.25, -0.2) is 4.79 Å². The molecular weight excluding hydrogens is 524 g/mol. The third kappa shape index (κ3) is 12.0. The third-order valence-electron chi connectivity index (χ3n) is 5.74. The molecular formula is C29H34N8O4. The van der Waals surface area contributed by atoms with Gasteiger partial charge in [0.2, 0.25) is 0 Å². The fourth-order valence-electron chi connectivity index (χ4n) is 3.55. The highest BCUT2D eigenvalue weighted by atomic mass is 16.5. The lowest BCUT2D eigenvalue weighted by atomic mass is 10.1. The zero-order valence-electron chi connectivity index (χ0n) is 23.1. The van der Waals surface area contributed by atoms with Crippen LogP contribution in [0.15, 0.2) is 95.2 Å². The highest BCUT2D eigenvalue weighted by Gasteiger charge is 2.15. The average molecular weight is 559 g/mol. The number of rotatable bonds is 13. The van der Waals surface area contributed by atoms with Crippen molar-refractivity contribution in [2.24, 2.45) is 10.2 Å². The summed E-state index contributed by atoms with van der Waals surface area (Å²) in [4.78, 5) is 29.4. The summed E-state index contributed by atoms with van der Waals surface area (Å²) >= 11 is 0. The summed E-state index contributed by atoms with van der Waals surface area (Å²) in [5.41, 5.74) is 19.2. The molecule has 12 heteroatoms. The maximum atomic E-state index is 12.3. The third-order valence-corrected chi connectivity index (χ3v) is 5.74. The topological polar surface area (TPSA) is 174 Å². The van der Waals surface area contributed by atoms with E-state index < -0.39 is 6.09 Å². The largest absolute Gasteiger partial charge is 0.497 e. The molecule has 0 spiro atoms. The van der Waals surface area contributed by atoms with Gasteiger partial charge in [0.25, 0.3) is 5.91 Å². The molecule has 0 saturated heterocycles. The number of benzene rings is 3. The van der Waals surface area contributed by atoms with Crippen molar-refractivity contribution in [2.45, 2.75) is 31.8 Å². The van der Waals surface area contributed by atoms with E-state index in [4.69, 9.17) is 20.5 Å². The second-order valence-corrected chi connectivity index (χ2v) is 8.59. The van der Waals surface area contributed by atoms with Gasteiger partial charge in [-0.05, 0) is 52.9 Å². The quantitative estimate of drug-likeness (QED) is 0.0990. The molecule has 2 N–H and O–H groups in total. The van der Waals surface area contributed by atoms with Crippen molar-refractivity contribution in [3.63, 3.8) is 0 Å². The molecule has 0 aliphatic carbocycles. The van der Waals surface area contributed by atoms with Crippen molar-refractivity contribution in [3.8, 4) is 5.75 Å². The number of alkyl carbamates (subject to hydrolysis) is 1. The molecule has 0 aliphatic rings. The van der Waals surface area contributed by atoms with Gasteiger partial charge >= 0.3 is 6.09 Å². The van der Waals surface area contributed by atoms with E-state index in [0.29, 0.717) is 17.9 Å². The first-order valence-electron chi connectivity index (χ1n) is 13.0. The number of hydrogen-bond donors (Lipinski definition) is 2. The minimum Gasteiger partial charge on any atom is -0.497 e. The molecule has 0 bridgehead atoms. The molecule has 3 aromatic carbocycles. The summed E-state index contributed by atoms with van der Waals surface area (Å²) in [6.07, 6.45) is 1.31. The lowest BCUT2D eigenvalue weighted by molar-refractivity contribution is 0.0937. The van der Waals surface area contributed by atoms with E-state index in [1.54, 1.807) is 31.4 Å². The summed E-state index contributed by atoms with van der Waals surface area (Å²) < 4.78 is 10.1. The molecule has 0 saturated carbocycles. The second-order valence-electron chi connectivity index (χ2n) is 8.59. The summed E-state index contributed by atoms with van der Waals surface area (Å²) in [5, 5.41) is 12.7. The van der Waals surface area contributed by atoms with Crippen LogP contribution in [0.3, 0.4) is 0 Å². The SMILES string of the molecule is CCCCOC(=O)N[C@@H](CN=[N+]=[N-])c1ccccc1.COc1ccc(C(=O)N[C@@H](CN=[N+]=[N-])c2ccccc2)cc1. The average Bonchev–Trinajstić information content (AvgIpc) is 3.02. The van der Waals surface area contributed by atoms with E-state index in [0.717, 1.165) is 24.0 Å². The van der Waals surface area contributed by atoms with Crippen LogP contribution in [0.2, 0.25) is 0 Å². The predicted octanol–water partition coefficient (Wildman–Crippen LogP) is 7.04. The maximum Gasteiger partial charge on any atom is 0.407 e. The van der Waals surface area contributed by atoms with E-state index in [9.17, 15) is 9.59 Å². The molecule has 2 atom stereocenters. The summed E-state index contributed by atoms with van der Waals surface area (Å²) in [7, 11) is 1.57. The zero-order valence-corrected chi connectivity index (χ0v) is 23.1. The minimum absolute atomic E-state index is 0.155. The molecule has 0 unspecified atom stereocenters. The van der Waals surface area contributed by atoms with Crippen LogP contribution in [-0.2, 0) is 4.74 Å². The number of methoxy groups -OCH3 is 1. The van der Waals surface area contributed by atoms with Crippen LogP contribution in [0.1, 0.15) is 53.3 Å². The van der Waals surface area contributed by atoms with Gasteiger partial charge in [-0.1, -0.05) is 84.2 Å². The van der Waals surface area contributed by atoms with E-state index in [-0.39, 0.29) is 31.1 Å². The predicted molar refractivity (Wildman–Crippen MR) is 156 cm³/mol. The molecule has 3 aromatic rings. The normalized spacial score (nSPS) is 11.2. The highest BCUT2D eigenvalue weighted by molar-refractivity contribution is 5.94. The molecule has 41 heavy (non-hydrogen) atoms. The summed E-state index contributed by atoms with van der Waals surface area (Å²) in [5.74, 6) is 0.454. The minimum atomic E-state index is -0.490. The smallest absolute Gasteiger partial charge is 0.407 e. The Labute approximate surface area is 238 Å². The molecule has 214 valence electrons. The van der Waals surface area contributed by atoms with Crippen LogP contribution >= 0.6 is 0 Å². The summed E-state index contributed by atoms with van der Waals surface area (Å²) in [6, 6.07) is 24.8. The Hall–Kier alpha value is -5.18. The van der Waals surface area contributed by atoms with Crippen molar-refractivity contribution in [1.29, 1.82) is 0 Å². The Bertz CT molecular complexity index is 1290. The monoisotopic (exact) mass is 558 g/mol. The Balaban J connectivity index is 0.000000290. The van der Waals surface area contributed by atoms with Gasteiger partial charge in [0.15, 0.2) is 0 Å². The Morgan fingerprint density at radius 1 is 0.805 bits per heavy atom. The molecule has 0 fully saturated rings. The number of nitrogens with zero attached hydrogens (tertiary/aromatic N) is 6. The van der Waals surface area contributed by atoms with Crippen molar-refractivity contribution in [2.75, 3.05) is 26.8 Å². The number of ether oxygens (including phenoxy) is 2. The van der Waals surface area contributed by atoms with Crippen LogP contribution < -0.4 is 15.4 Å². The van der Waals surface area contributed by atoms with Crippen LogP contribution in [0.4, 0.5) is 4.79 Å². The number of carbonyl (C=O) groups is 2. The molecule has 2 amide bonds. The number of amides is 2. The molecule has 0 heterocycles. The second kappa shape index (κ2) is 19.0. The fraction of sp³-hybridized carbons (Fsp3) is 0.310. The first kappa shape index (κ1) is 32.0. The van der Waals surface area contributed by atoms with Crippen molar-refractivity contribution >= 4 is 12.0 Å². The van der Waals surface area contributed by atoms with Gasteiger partial charge < -0.3 is 20.1 Å². The standard InChI is InChI=1S/C16H16N4O2.C13H18N4O2/c1-22-14-9-7-13(8-10-14)16(21)19-15(11-18-20-17)12-5-3-2-4-6-12;1-2-3-9-19-13(18)16-12(10-15-17-14)11-7-5-4-6-8-11/h2-10,15H,11H2,1H3,(H,19,21);4-8,12H,2-3,9-10H2,1H3,(H,16,18)/t15-;12-/m00/s1. The highest BCUT2D eigenvalue weighted by Crippen LogP contribution is 2.16. The van der Waals surface area contributed by atoms with Crippen LogP contribution in [-0.4, -0.2) is 38.8 Å². The van der Waals surface area contributed by atoms with E-state index in [1.165, 1.54) is 0 Å². The van der Waals surface area contributed by atoms with E-state index >= 15 is 0 Å². The lowest BCUT2D eigenvalue weighted by Crippen LogP contribution is -2.31. The Morgan fingerprint density at radius 2 is 1.32 bits per heavy atom. The van der Waals surface area contributed by atoms with Crippen LogP contribution in [0.25, 0.3) is 20.9 Å². The molecule has 0 radical (unpaired) electrons. The zero-order chi connectivity index (χ0) is 29.7. The number of azide groups is 2. The van der Waals surface area contributed by atoms with Crippen LogP contribution in [0.5, 0.6) is 5.75 Å². The number of carbonyl (C=O) groups excluding carboxylic acids is 2. The van der Waals surface area contributed by atoms with Crippen molar-refractivity contribution in [3.05, 3.63) is 123 Å². The van der Waals surface area contributed by atoms with Gasteiger partial charge in [0.1, 0.15) is 5.75 Å². The maximum absolute atomic E-state index is 12.3. The Morgan fingerprint density at radius 3 is 1.78 bits per heavy atom. The van der Waals surface area contributed by atoms with Crippen LogP contribution in [0, 0.1) is 0 Å². The number of hydrogen-bond acceptors (Lipinski definition) is 6. The molecule has 3 rings (SSSR count). The summed E-state index contributed by atoms with van der Waals surface area (Å²) in [6.45, 7) is 2.73.